The van der Waals surface area contributed by atoms with E-state index in [0.717, 1.165) is 35.7 Å². The summed E-state index contributed by atoms with van der Waals surface area (Å²) in [7, 11) is 0. The Labute approximate surface area is 174 Å². The van der Waals surface area contributed by atoms with Gasteiger partial charge in [-0.25, -0.2) is 0 Å². The van der Waals surface area contributed by atoms with Gasteiger partial charge in [0.25, 0.3) is 5.91 Å². The average molecular weight is 410 g/mol. The number of furan rings is 1. The van der Waals surface area contributed by atoms with E-state index in [9.17, 15) is 4.79 Å². The zero-order valence-electron chi connectivity index (χ0n) is 16.0. The highest BCUT2D eigenvalue weighted by atomic mass is 32.2. The third-order valence-electron chi connectivity index (χ3n) is 4.66. The number of thioether (sulfide) groups is 1. The molecule has 29 heavy (non-hydrogen) atoms. The highest BCUT2D eigenvalue weighted by Crippen LogP contribution is 2.26. The molecule has 1 aliphatic heterocycles. The molecule has 0 saturated carbocycles. The maximum absolute atomic E-state index is 12.6. The molecule has 1 amide bonds. The Morgan fingerprint density at radius 3 is 2.69 bits per heavy atom. The lowest BCUT2D eigenvalue weighted by Crippen LogP contribution is -2.16. The van der Waals surface area contributed by atoms with Crippen molar-refractivity contribution in [2.45, 2.75) is 29.6 Å². The monoisotopic (exact) mass is 409 g/mol. The zero-order valence-corrected chi connectivity index (χ0v) is 16.8. The van der Waals surface area contributed by atoms with Crippen LogP contribution in [-0.2, 0) is 10.5 Å². The lowest BCUT2D eigenvalue weighted by molar-refractivity contribution is 0.0679. The number of hydrogen-bond acceptors (Lipinski definition) is 5. The Kier molecular flexibility index (Phi) is 6.54. The van der Waals surface area contributed by atoms with Crippen molar-refractivity contribution in [3.63, 3.8) is 0 Å². The lowest BCUT2D eigenvalue weighted by Gasteiger charge is -2.12. The van der Waals surface area contributed by atoms with E-state index < -0.39 is 0 Å². The third-order valence-corrected chi connectivity index (χ3v) is 5.72. The summed E-state index contributed by atoms with van der Waals surface area (Å²) in [5.74, 6) is 1.51. The van der Waals surface area contributed by atoms with Crippen molar-refractivity contribution in [3.05, 3.63) is 78.3 Å². The quantitative estimate of drug-likeness (QED) is 0.506. The van der Waals surface area contributed by atoms with Gasteiger partial charge in [0.15, 0.2) is 5.76 Å². The molecule has 6 heteroatoms. The molecule has 1 fully saturated rings. The molecule has 1 atom stereocenters. The standard InChI is InChI=1S/C23H23NO4S/c25-23(22-17(12-14-27-22)16-29-21-6-2-1-3-7-21)24-18-8-10-19(11-9-18)28-15-20-5-4-13-26-20/h1-3,6-12,14,20H,4-5,13,15-16H2,(H,24,25). The number of ether oxygens (including phenoxy) is 2. The van der Waals surface area contributed by atoms with Gasteiger partial charge >= 0.3 is 0 Å². The van der Waals surface area contributed by atoms with Gasteiger partial charge in [0.1, 0.15) is 12.4 Å². The first-order valence-corrected chi connectivity index (χ1v) is 10.7. The Balaban J connectivity index is 1.31. The summed E-state index contributed by atoms with van der Waals surface area (Å²) in [6.07, 6.45) is 3.87. The second kappa shape index (κ2) is 9.67. The molecular weight excluding hydrogens is 386 g/mol. The van der Waals surface area contributed by atoms with E-state index in [1.807, 2.05) is 60.7 Å². The molecular formula is C23H23NO4S. The largest absolute Gasteiger partial charge is 0.491 e. The Morgan fingerprint density at radius 1 is 1.10 bits per heavy atom. The number of carbonyl (C=O) groups is 1. The summed E-state index contributed by atoms with van der Waals surface area (Å²) in [5.41, 5.74) is 1.56. The second-order valence-corrected chi connectivity index (χ2v) is 7.85. The van der Waals surface area contributed by atoms with Crippen LogP contribution in [0.2, 0.25) is 0 Å². The number of benzene rings is 2. The van der Waals surface area contributed by atoms with Crippen LogP contribution in [0.15, 0.2) is 76.2 Å². The van der Waals surface area contributed by atoms with Crippen LogP contribution in [0.1, 0.15) is 29.0 Å². The highest BCUT2D eigenvalue weighted by Gasteiger charge is 2.17. The number of rotatable bonds is 8. The van der Waals surface area contributed by atoms with Crippen molar-refractivity contribution in [2.75, 3.05) is 18.5 Å². The van der Waals surface area contributed by atoms with Crippen molar-refractivity contribution in [1.82, 2.24) is 0 Å². The van der Waals surface area contributed by atoms with Gasteiger partial charge < -0.3 is 19.2 Å². The molecule has 4 rings (SSSR count). The minimum atomic E-state index is -0.258. The van der Waals surface area contributed by atoms with Gasteiger partial charge in [-0.05, 0) is 55.3 Å². The van der Waals surface area contributed by atoms with Crippen LogP contribution in [0.25, 0.3) is 0 Å². The Bertz CT molecular complexity index is 918. The molecule has 5 nitrogen and oxygen atoms in total. The van der Waals surface area contributed by atoms with E-state index in [4.69, 9.17) is 13.9 Å². The van der Waals surface area contributed by atoms with Crippen molar-refractivity contribution in [1.29, 1.82) is 0 Å². The van der Waals surface area contributed by atoms with Crippen molar-refractivity contribution >= 4 is 23.4 Å². The van der Waals surface area contributed by atoms with E-state index in [1.165, 1.54) is 0 Å². The molecule has 1 aliphatic rings. The second-order valence-electron chi connectivity index (χ2n) is 6.80. The molecule has 0 bridgehead atoms. The van der Waals surface area contributed by atoms with Gasteiger partial charge in [0, 0.05) is 28.5 Å². The SMILES string of the molecule is O=C(Nc1ccc(OCC2CCCO2)cc1)c1occc1CSc1ccccc1. The summed E-state index contributed by atoms with van der Waals surface area (Å²) in [6, 6.07) is 19.3. The van der Waals surface area contributed by atoms with Crippen LogP contribution in [-0.4, -0.2) is 25.2 Å². The van der Waals surface area contributed by atoms with Crippen LogP contribution in [0.3, 0.4) is 0 Å². The molecule has 150 valence electrons. The summed E-state index contributed by atoms with van der Waals surface area (Å²) >= 11 is 1.67. The first-order valence-electron chi connectivity index (χ1n) is 9.68. The highest BCUT2D eigenvalue weighted by molar-refractivity contribution is 7.98. The van der Waals surface area contributed by atoms with Crippen molar-refractivity contribution in [2.24, 2.45) is 0 Å². The zero-order chi connectivity index (χ0) is 19.9. The number of anilines is 1. The van der Waals surface area contributed by atoms with Crippen LogP contribution in [0.4, 0.5) is 5.69 Å². The summed E-state index contributed by atoms with van der Waals surface area (Å²) < 4.78 is 16.8. The number of nitrogens with one attached hydrogen (secondary N) is 1. The summed E-state index contributed by atoms with van der Waals surface area (Å²) in [6.45, 7) is 1.37. The molecule has 2 aromatic carbocycles. The maximum Gasteiger partial charge on any atom is 0.291 e. The van der Waals surface area contributed by atoms with Gasteiger partial charge in [-0.3, -0.25) is 4.79 Å². The lowest BCUT2D eigenvalue weighted by atomic mass is 10.2. The molecule has 1 aromatic heterocycles. The molecule has 3 aromatic rings. The molecule has 1 unspecified atom stereocenters. The Hall–Kier alpha value is -2.70. The van der Waals surface area contributed by atoms with Crippen molar-refractivity contribution < 1.29 is 18.7 Å². The summed E-state index contributed by atoms with van der Waals surface area (Å²) in [5, 5.41) is 2.89. The Morgan fingerprint density at radius 2 is 1.93 bits per heavy atom. The van der Waals surface area contributed by atoms with E-state index in [0.29, 0.717) is 23.8 Å². The maximum atomic E-state index is 12.6. The molecule has 1 saturated heterocycles. The normalized spacial score (nSPS) is 15.9. The number of hydrogen-bond donors (Lipinski definition) is 1. The predicted molar refractivity (Wildman–Crippen MR) is 114 cm³/mol. The fourth-order valence-corrected chi connectivity index (χ4v) is 4.01. The molecule has 0 aliphatic carbocycles. The topological polar surface area (TPSA) is 60.7 Å². The van der Waals surface area contributed by atoms with E-state index >= 15 is 0 Å². The molecule has 1 N–H and O–H groups in total. The van der Waals surface area contributed by atoms with Crippen LogP contribution in [0, 0.1) is 0 Å². The van der Waals surface area contributed by atoms with E-state index in [-0.39, 0.29) is 12.0 Å². The van der Waals surface area contributed by atoms with Crippen LogP contribution in [0.5, 0.6) is 5.75 Å². The minimum absolute atomic E-state index is 0.181. The van der Waals surface area contributed by atoms with E-state index in [2.05, 4.69) is 5.32 Å². The predicted octanol–water partition coefficient (Wildman–Crippen LogP) is 5.38. The van der Waals surface area contributed by atoms with Crippen molar-refractivity contribution in [3.8, 4) is 5.75 Å². The third kappa shape index (κ3) is 5.43. The smallest absolute Gasteiger partial charge is 0.291 e. The van der Waals surface area contributed by atoms with Gasteiger partial charge in [-0.15, -0.1) is 11.8 Å². The molecule has 0 spiro atoms. The fraction of sp³-hybridized carbons (Fsp3) is 0.261. The molecule has 0 radical (unpaired) electrons. The van der Waals surface area contributed by atoms with Gasteiger partial charge in [0.05, 0.1) is 12.4 Å². The summed E-state index contributed by atoms with van der Waals surface area (Å²) in [4.78, 5) is 13.8. The first kappa shape index (κ1) is 19.6. The minimum Gasteiger partial charge on any atom is -0.491 e. The van der Waals surface area contributed by atoms with E-state index in [1.54, 1.807) is 18.0 Å². The average Bonchev–Trinajstić information content (AvgIpc) is 3.44. The number of carbonyl (C=O) groups excluding carboxylic acids is 1. The van der Waals surface area contributed by atoms with Crippen LogP contribution >= 0.6 is 11.8 Å². The van der Waals surface area contributed by atoms with Gasteiger partial charge in [-0.2, -0.15) is 0 Å². The van der Waals surface area contributed by atoms with Crippen LogP contribution < -0.4 is 10.1 Å². The first-order chi connectivity index (χ1) is 14.3. The molecule has 2 heterocycles. The number of amides is 1. The van der Waals surface area contributed by atoms with Gasteiger partial charge in [-0.1, -0.05) is 18.2 Å². The fourth-order valence-electron chi connectivity index (χ4n) is 3.11. The van der Waals surface area contributed by atoms with Gasteiger partial charge in [0.2, 0.25) is 0 Å².